The average molecular weight is 762 g/mol. The molecule has 0 bridgehead atoms. The first-order valence-electron chi connectivity index (χ1n) is 16.5. The number of fused-ring (bicyclic) bond motifs is 1. The Morgan fingerprint density at radius 2 is 1.79 bits per heavy atom. The normalized spacial score (nSPS) is 16.3. The van der Waals surface area contributed by atoms with Gasteiger partial charge in [-0.25, -0.2) is 14.8 Å². The van der Waals surface area contributed by atoms with Gasteiger partial charge in [0.05, 0.1) is 11.6 Å². The molecule has 0 atom stereocenters. The predicted octanol–water partition coefficient (Wildman–Crippen LogP) is 3.79. The van der Waals surface area contributed by atoms with Crippen LogP contribution in [0, 0.1) is 0 Å². The molecule has 5 heterocycles. The molecule has 2 fully saturated rings. The number of halogens is 3. The lowest BCUT2D eigenvalue weighted by Crippen LogP contribution is -2.53. The van der Waals surface area contributed by atoms with Gasteiger partial charge in [-0.15, -0.1) is 11.3 Å². The van der Waals surface area contributed by atoms with Crippen LogP contribution in [-0.4, -0.2) is 120 Å². The molecule has 3 aromatic heterocycles. The maximum atomic E-state index is 14.2. The lowest BCUT2D eigenvalue weighted by Gasteiger charge is -2.39. The summed E-state index contributed by atoms with van der Waals surface area (Å²) in [6.45, 7) is 3.96. The molecule has 19 heteroatoms. The van der Waals surface area contributed by atoms with Gasteiger partial charge in [-0.05, 0) is 37.2 Å². The minimum Gasteiger partial charge on any atom is -0.341 e. The molecule has 0 spiro atoms. The summed E-state index contributed by atoms with van der Waals surface area (Å²) < 4.78 is 70.4. The van der Waals surface area contributed by atoms with Gasteiger partial charge in [0.2, 0.25) is 5.43 Å². The minimum absolute atomic E-state index is 0.0242. The monoisotopic (exact) mass is 761 g/mol. The predicted molar refractivity (Wildman–Crippen MR) is 191 cm³/mol. The Hall–Kier alpha value is -4.43. The number of carbonyl (C=O) groups is 2. The Morgan fingerprint density at radius 3 is 2.40 bits per heavy atom. The van der Waals surface area contributed by atoms with Crippen LogP contribution in [0.4, 0.5) is 23.8 Å². The highest BCUT2D eigenvalue weighted by Crippen LogP contribution is 2.39. The molecule has 0 aliphatic carbocycles. The number of anilines is 1. The Bertz CT molecular complexity index is 2180. The van der Waals surface area contributed by atoms with E-state index < -0.39 is 39.4 Å². The Balaban J connectivity index is 1.43. The van der Waals surface area contributed by atoms with E-state index in [0.717, 1.165) is 21.0 Å². The first-order valence-corrected chi connectivity index (χ1v) is 18.8. The van der Waals surface area contributed by atoms with Crippen molar-refractivity contribution >= 4 is 50.2 Å². The number of hydrogen-bond acceptors (Lipinski definition) is 9. The summed E-state index contributed by atoms with van der Waals surface area (Å²) in [7, 11) is 1.15. The van der Waals surface area contributed by atoms with Crippen molar-refractivity contribution in [1.82, 2.24) is 38.3 Å². The molecular weight excluding hydrogens is 724 g/mol. The quantitative estimate of drug-likeness (QED) is 0.262. The average Bonchev–Trinajstić information content (AvgIpc) is 3.61. The SMILES string of the molecule is CCCNC(=O)Nc1cc(-c2nc(C(F)(F)F)cs2)c(-c2ccc3c(c2)c(=O)c(C(=O)N2CCN(S(=O)(=O)N(C)C)CC2)cn3C2CN(C)C2)cn1. The van der Waals surface area contributed by atoms with Crippen LogP contribution >= 0.6 is 11.3 Å². The highest BCUT2D eigenvalue weighted by molar-refractivity contribution is 7.86. The van der Waals surface area contributed by atoms with Crippen molar-refractivity contribution < 1.29 is 31.2 Å². The van der Waals surface area contributed by atoms with E-state index in [9.17, 15) is 36.0 Å². The zero-order valence-corrected chi connectivity index (χ0v) is 30.5. The molecule has 0 unspecified atom stereocenters. The zero-order valence-electron chi connectivity index (χ0n) is 28.9. The number of alkyl halides is 3. The van der Waals surface area contributed by atoms with Crippen LogP contribution in [0.3, 0.4) is 0 Å². The molecule has 4 aromatic rings. The number of urea groups is 1. The fraction of sp³-hybridized carbons (Fsp3) is 0.424. The Kier molecular flexibility index (Phi) is 10.4. The third-order valence-corrected chi connectivity index (χ3v) is 11.8. The molecule has 6 rings (SSSR count). The Morgan fingerprint density at radius 1 is 1.08 bits per heavy atom. The van der Waals surface area contributed by atoms with Crippen molar-refractivity contribution in [2.75, 3.05) is 72.3 Å². The molecule has 2 aliphatic rings. The maximum Gasteiger partial charge on any atom is 0.434 e. The van der Waals surface area contributed by atoms with Gasteiger partial charge in [-0.1, -0.05) is 13.0 Å². The van der Waals surface area contributed by atoms with Crippen molar-refractivity contribution in [2.45, 2.75) is 25.6 Å². The molecule has 2 saturated heterocycles. The second-order valence-electron chi connectivity index (χ2n) is 12.9. The number of carbonyl (C=O) groups excluding carboxylic acids is 2. The number of nitrogens with one attached hydrogen (secondary N) is 2. The largest absolute Gasteiger partial charge is 0.434 e. The summed E-state index contributed by atoms with van der Waals surface area (Å²) in [5.41, 5.74) is -0.0766. The van der Waals surface area contributed by atoms with Crippen LogP contribution in [0.1, 0.15) is 35.4 Å². The van der Waals surface area contributed by atoms with Gasteiger partial charge >= 0.3 is 12.2 Å². The first kappa shape index (κ1) is 37.3. The van der Waals surface area contributed by atoms with E-state index in [1.807, 2.05) is 18.5 Å². The highest BCUT2D eigenvalue weighted by atomic mass is 32.2. The number of pyridine rings is 2. The van der Waals surface area contributed by atoms with Crippen LogP contribution < -0.4 is 16.1 Å². The maximum absolute atomic E-state index is 14.2. The van der Waals surface area contributed by atoms with Gasteiger partial charge in [0, 0.05) is 94.2 Å². The van der Waals surface area contributed by atoms with Crippen molar-refractivity contribution in [3.8, 4) is 21.7 Å². The summed E-state index contributed by atoms with van der Waals surface area (Å²) >= 11 is 0.777. The fourth-order valence-electron chi connectivity index (χ4n) is 6.20. The number of hydrogen-bond donors (Lipinski definition) is 2. The van der Waals surface area contributed by atoms with E-state index in [2.05, 4.69) is 25.5 Å². The van der Waals surface area contributed by atoms with Gasteiger partial charge in [-0.3, -0.25) is 14.9 Å². The molecule has 0 radical (unpaired) electrons. The van der Waals surface area contributed by atoms with E-state index in [4.69, 9.17) is 0 Å². The zero-order chi connectivity index (χ0) is 37.5. The molecule has 2 aliphatic heterocycles. The van der Waals surface area contributed by atoms with Crippen molar-refractivity contribution in [1.29, 1.82) is 0 Å². The van der Waals surface area contributed by atoms with Crippen LogP contribution in [0.2, 0.25) is 0 Å². The number of amides is 3. The van der Waals surface area contributed by atoms with E-state index in [1.54, 1.807) is 24.4 Å². The Labute approximate surface area is 302 Å². The number of piperazine rings is 1. The third-order valence-electron chi connectivity index (χ3n) is 9.03. The van der Waals surface area contributed by atoms with Gasteiger partial charge in [0.15, 0.2) is 5.69 Å². The molecule has 52 heavy (non-hydrogen) atoms. The molecular formula is C33H38F3N9O5S2. The topological polar surface area (TPSA) is 153 Å². The second-order valence-corrected chi connectivity index (χ2v) is 15.9. The van der Waals surface area contributed by atoms with Crippen LogP contribution in [0.25, 0.3) is 32.6 Å². The van der Waals surface area contributed by atoms with Crippen LogP contribution in [0.5, 0.6) is 0 Å². The van der Waals surface area contributed by atoms with Crippen LogP contribution in [-0.2, 0) is 16.4 Å². The van der Waals surface area contributed by atoms with Crippen molar-refractivity contribution in [2.24, 2.45) is 0 Å². The van der Waals surface area contributed by atoms with Gasteiger partial charge in [-0.2, -0.15) is 30.2 Å². The van der Waals surface area contributed by atoms with Gasteiger partial charge in [0.1, 0.15) is 16.4 Å². The molecule has 3 amide bonds. The molecule has 1 aromatic carbocycles. The third kappa shape index (κ3) is 7.40. The molecule has 0 saturated carbocycles. The number of rotatable bonds is 9. The van der Waals surface area contributed by atoms with E-state index >= 15 is 0 Å². The number of likely N-dealkylation sites (tertiary alicyclic amines) is 1. The van der Waals surface area contributed by atoms with E-state index in [1.165, 1.54) is 35.6 Å². The summed E-state index contributed by atoms with van der Waals surface area (Å²) in [6, 6.07) is 5.92. The molecule has 2 N–H and O–H groups in total. The fourth-order valence-corrected chi connectivity index (χ4v) is 8.14. The lowest BCUT2D eigenvalue weighted by molar-refractivity contribution is -0.140. The van der Waals surface area contributed by atoms with Crippen molar-refractivity contribution in [3.63, 3.8) is 0 Å². The van der Waals surface area contributed by atoms with E-state index in [-0.39, 0.29) is 59.6 Å². The minimum atomic E-state index is -4.68. The van der Waals surface area contributed by atoms with Gasteiger partial charge < -0.3 is 19.7 Å². The summed E-state index contributed by atoms with van der Waals surface area (Å²) in [5, 5.41) is 6.41. The lowest BCUT2D eigenvalue weighted by atomic mass is 9.98. The van der Waals surface area contributed by atoms with E-state index in [0.29, 0.717) is 42.7 Å². The number of benzene rings is 1. The second kappa shape index (κ2) is 14.5. The van der Waals surface area contributed by atoms with Crippen LogP contribution in [0.15, 0.2) is 46.8 Å². The molecule has 278 valence electrons. The van der Waals surface area contributed by atoms with Crippen molar-refractivity contribution in [3.05, 3.63) is 63.5 Å². The molecule has 14 nitrogen and oxygen atoms in total. The summed E-state index contributed by atoms with van der Waals surface area (Å²) in [4.78, 5) is 52.3. The number of aromatic nitrogens is 3. The first-order chi connectivity index (χ1) is 24.6. The number of nitrogens with zero attached hydrogens (tertiary/aromatic N) is 7. The standard InChI is InChI=1S/C33H38F3N9O5S2/c1-5-8-37-32(48)40-28-14-22(30-39-27(19-51-30)33(34,35)36)24(15-38-28)20-6-7-26-23(13-20)29(46)25(18-45(26)21-16-42(4)17-21)31(47)43-9-11-44(12-10-43)52(49,50)41(2)3/h6-7,13-15,18-19,21H,5,8-12,16-17H2,1-4H3,(H2,37,38,40,48). The number of likely N-dealkylation sites (N-methyl/N-ethyl adjacent to an activating group) is 1. The van der Waals surface area contributed by atoms with Gasteiger partial charge in [0.25, 0.3) is 16.1 Å². The number of thiazole rings is 1. The summed E-state index contributed by atoms with van der Waals surface area (Å²) in [6.07, 6.45) is -1.02. The smallest absolute Gasteiger partial charge is 0.341 e. The highest BCUT2D eigenvalue weighted by Gasteiger charge is 2.35. The summed E-state index contributed by atoms with van der Waals surface area (Å²) in [5.74, 6) is -0.443.